The molecular formula is C11H10ClF2NO5S. The number of aliphatic hydroxyl groups is 1. The molecule has 1 saturated heterocycles. The number of halogens is 3. The Balaban J connectivity index is 2.52. The molecule has 1 aliphatic rings. The normalized spacial score (nSPS) is 23.4. The van der Waals surface area contributed by atoms with Crippen LogP contribution < -0.4 is 0 Å². The van der Waals surface area contributed by atoms with E-state index in [0.717, 1.165) is 0 Å². The Morgan fingerprint density at radius 3 is 2.52 bits per heavy atom. The zero-order chi connectivity index (χ0) is 15.9. The van der Waals surface area contributed by atoms with Gasteiger partial charge >= 0.3 is 5.97 Å². The first-order chi connectivity index (χ1) is 9.64. The number of carboxylic acids is 1. The van der Waals surface area contributed by atoms with Crippen LogP contribution in [0, 0.1) is 11.6 Å². The maximum atomic E-state index is 13.7. The van der Waals surface area contributed by atoms with Crippen LogP contribution in [0.3, 0.4) is 0 Å². The third-order valence-electron chi connectivity index (χ3n) is 3.08. The highest BCUT2D eigenvalue weighted by Crippen LogP contribution is 2.30. The number of β-amino-alcohol motifs (C(OH)–C–C–N with tert-alkyl or cyclic N) is 1. The van der Waals surface area contributed by atoms with Gasteiger partial charge in [0.05, 0.1) is 11.1 Å². The second-order valence-electron chi connectivity index (χ2n) is 4.52. The molecule has 1 aliphatic heterocycles. The van der Waals surface area contributed by atoms with Crippen LogP contribution in [0.25, 0.3) is 0 Å². The predicted octanol–water partition coefficient (Wildman–Crippen LogP) is 0.827. The Morgan fingerprint density at radius 2 is 1.95 bits per heavy atom. The maximum absolute atomic E-state index is 13.7. The number of aliphatic carboxylic acids is 1. The number of nitrogens with zero attached hydrogens (tertiary/aromatic N) is 1. The van der Waals surface area contributed by atoms with Gasteiger partial charge < -0.3 is 10.2 Å². The third kappa shape index (κ3) is 2.86. The molecule has 0 aromatic heterocycles. The fraction of sp³-hybridized carbons (Fsp3) is 0.364. The average Bonchev–Trinajstić information content (AvgIpc) is 2.76. The molecule has 116 valence electrons. The molecule has 2 rings (SSSR count). The molecule has 0 bridgehead atoms. The van der Waals surface area contributed by atoms with Crippen LogP contribution in [0.1, 0.15) is 6.42 Å². The third-order valence-corrected chi connectivity index (χ3v) is 5.26. The van der Waals surface area contributed by atoms with Crippen molar-refractivity contribution in [3.8, 4) is 0 Å². The number of hydrogen-bond donors (Lipinski definition) is 2. The lowest BCUT2D eigenvalue weighted by atomic mass is 10.2. The Bertz CT molecular complexity index is 696. The molecule has 1 aromatic carbocycles. The van der Waals surface area contributed by atoms with Crippen LogP contribution in [-0.4, -0.2) is 47.6 Å². The summed E-state index contributed by atoms with van der Waals surface area (Å²) in [6, 6.07) is -0.643. The van der Waals surface area contributed by atoms with Crippen molar-refractivity contribution < 1.29 is 32.2 Å². The Morgan fingerprint density at radius 1 is 1.33 bits per heavy atom. The van der Waals surface area contributed by atoms with Crippen LogP contribution in [0.15, 0.2) is 17.0 Å². The lowest BCUT2D eigenvalue weighted by Crippen LogP contribution is -2.40. The van der Waals surface area contributed by atoms with E-state index in [2.05, 4.69) is 0 Å². The second kappa shape index (κ2) is 5.48. The van der Waals surface area contributed by atoms with E-state index < -0.39 is 56.2 Å². The van der Waals surface area contributed by atoms with Crippen molar-refractivity contribution in [1.82, 2.24) is 4.31 Å². The summed E-state index contributed by atoms with van der Waals surface area (Å²) in [7, 11) is -4.57. The van der Waals surface area contributed by atoms with Crippen LogP contribution in [0.4, 0.5) is 8.78 Å². The van der Waals surface area contributed by atoms with Crippen molar-refractivity contribution in [3.05, 3.63) is 28.8 Å². The number of aliphatic hydroxyl groups excluding tert-OH is 1. The fourth-order valence-corrected chi connectivity index (χ4v) is 4.04. The van der Waals surface area contributed by atoms with E-state index in [1.807, 2.05) is 0 Å². The SMILES string of the molecule is O=C(O)[C@H]1C[C@H](O)CN1S(=O)(=O)c1cc(Cl)c(F)cc1F. The largest absolute Gasteiger partial charge is 0.480 e. The molecule has 10 heteroatoms. The van der Waals surface area contributed by atoms with Crippen LogP contribution in [0.5, 0.6) is 0 Å². The molecule has 1 heterocycles. The number of carbonyl (C=O) groups is 1. The zero-order valence-corrected chi connectivity index (χ0v) is 11.9. The first-order valence-corrected chi connectivity index (χ1v) is 7.53. The molecule has 0 amide bonds. The van der Waals surface area contributed by atoms with Crippen LogP contribution in [0.2, 0.25) is 5.02 Å². The molecule has 0 spiro atoms. The molecule has 0 radical (unpaired) electrons. The fourth-order valence-electron chi connectivity index (χ4n) is 2.10. The van der Waals surface area contributed by atoms with Crippen molar-refractivity contribution >= 4 is 27.6 Å². The van der Waals surface area contributed by atoms with Crippen molar-refractivity contribution in [2.24, 2.45) is 0 Å². The van der Waals surface area contributed by atoms with E-state index in [4.69, 9.17) is 16.7 Å². The standard InChI is InChI=1S/C11H10ClF2NO5S/c12-6-2-10(8(14)3-7(6)13)21(19,20)15-4-5(16)1-9(15)11(17)18/h2-3,5,9,16H,1,4H2,(H,17,18)/t5-,9+/m0/s1. The van der Waals surface area contributed by atoms with E-state index in [1.54, 1.807) is 0 Å². The summed E-state index contributed by atoms with van der Waals surface area (Å²) in [6.07, 6.45) is -1.50. The quantitative estimate of drug-likeness (QED) is 0.794. The van der Waals surface area contributed by atoms with E-state index in [9.17, 15) is 27.1 Å². The van der Waals surface area contributed by atoms with Crippen molar-refractivity contribution in [2.75, 3.05) is 6.54 Å². The van der Waals surface area contributed by atoms with Gasteiger partial charge in [-0.05, 0) is 6.07 Å². The highest BCUT2D eigenvalue weighted by molar-refractivity contribution is 7.89. The van der Waals surface area contributed by atoms with Gasteiger partial charge in [0.25, 0.3) is 0 Å². The number of rotatable bonds is 3. The van der Waals surface area contributed by atoms with Gasteiger partial charge in [-0.3, -0.25) is 4.79 Å². The van der Waals surface area contributed by atoms with E-state index in [-0.39, 0.29) is 6.42 Å². The first kappa shape index (κ1) is 16.1. The molecule has 1 aromatic rings. The van der Waals surface area contributed by atoms with Gasteiger partial charge in [0.15, 0.2) is 0 Å². The molecular weight excluding hydrogens is 332 g/mol. The number of carboxylic acid groups (broad SMARTS) is 1. The minimum atomic E-state index is -4.57. The van der Waals surface area contributed by atoms with E-state index in [1.165, 1.54) is 0 Å². The Labute approximate surface area is 123 Å². The molecule has 2 atom stereocenters. The molecule has 2 N–H and O–H groups in total. The summed E-state index contributed by atoms with van der Waals surface area (Å²) in [4.78, 5) is 10.1. The monoisotopic (exact) mass is 341 g/mol. The first-order valence-electron chi connectivity index (χ1n) is 5.72. The van der Waals surface area contributed by atoms with Crippen LogP contribution >= 0.6 is 11.6 Å². The Hall–Kier alpha value is -1.29. The van der Waals surface area contributed by atoms with Gasteiger partial charge in [-0.1, -0.05) is 11.6 Å². The van der Waals surface area contributed by atoms with E-state index in [0.29, 0.717) is 16.4 Å². The van der Waals surface area contributed by atoms with Gasteiger partial charge in [-0.25, -0.2) is 17.2 Å². The predicted molar refractivity (Wildman–Crippen MR) is 67.3 cm³/mol. The molecule has 0 unspecified atom stereocenters. The molecule has 6 nitrogen and oxygen atoms in total. The van der Waals surface area contributed by atoms with Crippen molar-refractivity contribution in [2.45, 2.75) is 23.5 Å². The highest BCUT2D eigenvalue weighted by atomic mass is 35.5. The zero-order valence-electron chi connectivity index (χ0n) is 10.3. The topological polar surface area (TPSA) is 94.9 Å². The van der Waals surface area contributed by atoms with Gasteiger partial charge in [0.1, 0.15) is 22.6 Å². The summed E-state index contributed by atoms with van der Waals surface area (Å²) in [5.41, 5.74) is 0. The number of sulfonamides is 1. The van der Waals surface area contributed by atoms with Gasteiger partial charge in [0.2, 0.25) is 10.0 Å². The summed E-state index contributed by atoms with van der Waals surface area (Å²) >= 11 is 5.44. The minimum Gasteiger partial charge on any atom is -0.480 e. The molecule has 0 saturated carbocycles. The van der Waals surface area contributed by atoms with Crippen molar-refractivity contribution in [1.29, 1.82) is 0 Å². The van der Waals surface area contributed by atoms with Gasteiger partial charge in [-0.2, -0.15) is 4.31 Å². The lowest BCUT2D eigenvalue weighted by Gasteiger charge is -2.21. The summed E-state index contributed by atoms with van der Waals surface area (Å²) in [6.45, 7) is -0.492. The molecule has 21 heavy (non-hydrogen) atoms. The van der Waals surface area contributed by atoms with E-state index >= 15 is 0 Å². The number of benzene rings is 1. The summed E-state index contributed by atoms with van der Waals surface area (Å²) in [5.74, 6) is -3.99. The minimum absolute atomic E-state index is 0.303. The van der Waals surface area contributed by atoms with Crippen molar-refractivity contribution in [3.63, 3.8) is 0 Å². The Kier molecular flexibility index (Phi) is 4.20. The second-order valence-corrected chi connectivity index (χ2v) is 6.78. The van der Waals surface area contributed by atoms with Gasteiger partial charge in [0, 0.05) is 19.0 Å². The van der Waals surface area contributed by atoms with Gasteiger partial charge in [-0.15, -0.1) is 0 Å². The summed E-state index contributed by atoms with van der Waals surface area (Å²) < 4.78 is 51.9. The number of hydrogen-bond acceptors (Lipinski definition) is 4. The smallest absolute Gasteiger partial charge is 0.322 e. The average molecular weight is 342 g/mol. The molecule has 0 aliphatic carbocycles. The summed E-state index contributed by atoms with van der Waals surface area (Å²) in [5, 5.41) is 17.8. The lowest BCUT2D eigenvalue weighted by molar-refractivity contribution is -0.140. The van der Waals surface area contributed by atoms with Crippen LogP contribution in [-0.2, 0) is 14.8 Å². The highest BCUT2D eigenvalue weighted by Gasteiger charge is 2.44. The molecule has 1 fully saturated rings. The maximum Gasteiger partial charge on any atom is 0.322 e.